The Morgan fingerprint density at radius 3 is 1.83 bits per heavy atom. The zero-order valence-corrected chi connectivity index (χ0v) is 13.0. The highest BCUT2D eigenvalue weighted by atomic mass is 32.2. The van der Waals surface area contributed by atoms with Gasteiger partial charge in [-0.15, -0.1) is 0 Å². The summed E-state index contributed by atoms with van der Waals surface area (Å²) < 4.78 is 61.9. The Labute approximate surface area is 132 Å². The molecule has 0 amide bonds. The van der Waals surface area contributed by atoms with Crippen molar-refractivity contribution in [1.82, 2.24) is 0 Å². The highest BCUT2D eigenvalue weighted by Gasteiger charge is 2.14. The second-order valence-electron chi connectivity index (χ2n) is 4.37. The zero-order valence-electron chi connectivity index (χ0n) is 11.4. The third-order valence-electron chi connectivity index (χ3n) is 2.69. The number of hydrogen-bond acceptors (Lipinski definition) is 7. The second kappa shape index (κ2) is 6.04. The summed E-state index contributed by atoms with van der Waals surface area (Å²) in [6, 6.07) is 8.55. The molecule has 23 heavy (non-hydrogen) atoms. The van der Waals surface area contributed by atoms with Crippen molar-refractivity contribution in [1.29, 1.82) is 0 Å². The van der Waals surface area contributed by atoms with Gasteiger partial charge in [-0.2, -0.15) is 27.1 Å². The van der Waals surface area contributed by atoms with Crippen molar-refractivity contribution in [2.75, 3.05) is 5.73 Å². The highest BCUT2D eigenvalue weighted by Crippen LogP contribution is 2.26. The van der Waals surface area contributed by atoms with E-state index in [2.05, 4.69) is 10.2 Å². The fraction of sp³-hybridized carbons (Fsp3) is 0. The number of nitrogens with two attached hydrogens (primary N) is 1. The Bertz CT molecular complexity index is 966. The first-order chi connectivity index (χ1) is 10.6. The van der Waals surface area contributed by atoms with E-state index in [4.69, 9.17) is 14.8 Å². The lowest BCUT2D eigenvalue weighted by Crippen LogP contribution is -2.02. The zero-order chi connectivity index (χ0) is 17.3. The minimum atomic E-state index is -4.48. The number of rotatable bonds is 4. The standard InChI is InChI=1S/C12H11N3O6S2/c13-11-6-3-9(7-12(11)23(19,20)21)15-14-8-1-4-10(5-2-8)22(16,17)18/h1-7H,13H2,(H,16,17,18)(H,19,20,21)/b15-14+. The molecule has 2 aromatic carbocycles. The summed E-state index contributed by atoms with van der Waals surface area (Å²) in [6.07, 6.45) is 0. The van der Waals surface area contributed by atoms with E-state index in [0.29, 0.717) is 0 Å². The molecule has 0 heterocycles. The Balaban J connectivity index is 2.31. The fourth-order valence-corrected chi connectivity index (χ4v) is 2.72. The first kappa shape index (κ1) is 17.0. The summed E-state index contributed by atoms with van der Waals surface area (Å²) in [6.45, 7) is 0. The van der Waals surface area contributed by atoms with Gasteiger partial charge in [0.05, 0.1) is 22.0 Å². The van der Waals surface area contributed by atoms with Crippen LogP contribution in [0.1, 0.15) is 0 Å². The second-order valence-corrected chi connectivity index (χ2v) is 7.18. The van der Waals surface area contributed by atoms with Crippen molar-refractivity contribution in [3.8, 4) is 0 Å². The third-order valence-corrected chi connectivity index (χ3v) is 4.47. The van der Waals surface area contributed by atoms with Gasteiger partial charge in [-0.3, -0.25) is 9.11 Å². The van der Waals surface area contributed by atoms with Crippen molar-refractivity contribution in [3.63, 3.8) is 0 Å². The number of azo groups is 1. The Kier molecular flexibility index (Phi) is 4.47. The van der Waals surface area contributed by atoms with Gasteiger partial charge in [0, 0.05) is 0 Å². The van der Waals surface area contributed by atoms with Crippen LogP contribution in [-0.4, -0.2) is 25.9 Å². The predicted molar refractivity (Wildman–Crippen MR) is 81.1 cm³/mol. The van der Waals surface area contributed by atoms with Gasteiger partial charge in [-0.1, -0.05) is 0 Å². The van der Waals surface area contributed by atoms with E-state index in [0.717, 1.165) is 18.2 Å². The summed E-state index contributed by atoms with van der Waals surface area (Å²) in [5, 5.41) is 7.55. The number of nitrogens with zero attached hydrogens (tertiary/aromatic N) is 2. The van der Waals surface area contributed by atoms with Gasteiger partial charge in [0.15, 0.2) is 0 Å². The molecule has 0 saturated carbocycles. The molecule has 0 aromatic heterocycles. The first-order valence-electron chi connectivity index (χ1n) is 5.94. The van der Waals surface area contributed by atoms with E-state index in [1.54, 1.807) is 0 Å². The third kappa shape index (κ3) is 4.32. The van der Waals surface area contributed by atoms with Crippen LogP contribution in [0.25, 0.3) is 0 Å². The molecular weight excluding hydrogens is 346 g/mol. The Hall–Kier alpha value is -2.34. The summed E-state index contributed by atoms with van der Waals surface area (Å²) in [4.78, 5) is -0.784. The largest absolute Gasteiger partial charge is 0.398 e. The molecule has 0 aliphatic heterocycles. The van der Waals surface area contributed by atoms with E-state index in [1.807, 2.05) is 0 Å². The van der Waals surface area contributed by atoms with Gasteiger partial charge < -0.3 is 5.73 Å². The minimum absolute atomic E-state index is 0.116. The van der Waals surface area contributed by atoms with Crippen LogP contribution >= 0.6 is 0 Å². The normalized spacial score (nSPS) is 12.6. The summed E-state index contributed by atoms with van der Waals surface area (Å²) >= 11 is 0. The lowest BCUT2D eigenvalue weighted by molar-refractivity contribution is 0.481. The van der Waals surface area contributed by atoms with E-state index >= 15 is 0 Å². The lowest BCUT2D eigenvalue weighted by atomic mass is 10.3. The van der Waals surface area contributed by atoms with E-state index in [9.17, 15) is 16.8 Å². The van der Waals surface area contributed by atoms with Crippen molar-refractivity contribution in [2.24, 2.45) is 10.2 Å². The number of anilines is 1. The maximum absolute atomic E-state index is 11.1. The molecule has 0 fully saturated rings. The van der Waals surface area contributed by atoms with Gasteiger partial charge in [0.2, 0.25) is 0 Å². The summed E-state index contributed by atoms with van der Waals surface area (Å²) in [5.41, 5.74) is 5.70. The van der Waals surface area contributed by atoms with Gasteiger partial charge in [0.1, 0.15) is 4.90 Å². The Morgan fingerprint density at radius 2 is 1.30 bits per heavy atom. The molecule has 0 bridgehead atoms. The highest BCUT2D eigenvalue weighted by molar-refractivity contribution is 7.86. The first-order valence-corrected chi connectivity index (χ1v) is 8.82. The molecule has 0 aliphatic rings. The fourth-order valence-electron chi connectivity index (χ4n) is 1.61. The number of nitrogen functional groups attached to an aromatic ring is 1. The maximum atomic E-state index is 11.1. The van der Waals surface area contributed by atoms with Gasteiger partial charge in [-0.05, 0) is 42.5 Å². The quantitative estimate of drug-likeness (QED) is 0.429. The molecule has 0 radical (unpaired) electrons. The average Bonchev–Trinajstić information content (AvgIpc) is 2.44. The van der Waals surface area contributed by atoms with Crippen LogP contribution in [0, 0.1) is 0 Å². The monoisotopic (exact) mass is 357 g/mol. The molecule has 2 rings (SSSR count). The molecule has 122 valence electrons. The molecule has 11 heteroatoms. The summed E-state index contributed by atoms with van der Waals surface area (Å²) in [7, 11) is -8.78. The molecule has 2 aromatic rings. The molecule has 0 spiro atoms. The molecule has 9 nitrogen and oxygen atoms in total. The van der Waals surface area contributed by atoms with Crippen LogP contribution in [0.4, 0.5) is 17.1 Å². The average molecular weight is 357 g/mol. The smallest absolute Gasteiger partial charge is 0.296 e. The van der Waals surface area contributed by atoms with Gasteiger partial charge in [0.25, 0.3) is 20.2 Å². The SMILES string of the molecule is Nc1ccc(/N=N/c2ccc(S(=O)(=O)O)cc2)cc1S(=O)(=O)O. The topological polar surface area (TPSA) is 159 Å². The van der Waals surface area contributed by atoms with E-state index < -0.39 is 25.1 Å². The molecule has 0 atom stereocenters. The lowest BCUT2D eigenvalue weighted by Gasteiger charge is -2.02. The van der Waals surface area contributed by atoms with Crippen LogP contribution in [0.2, 0.25) is 0 Å². The molecule has 0 saturated heterocycles. The van der Waals surface area contributed by atoms with Crippen LogP contribution in [-0.2, 0) is 20.2 Å². The molecule has 0 aliphatic carbocycles. The number of hydrogen-bond donors (Lipinski definition) is 3. The molecular formula is C12H11N3O6S2. The Morgan fingerprint density at radius 1 is 0.783 bits per heavy atom. The van der Waals surface area contributed by atoms with E-state index in [1.165, 1.54) is 24.3 Å². The van der Waals surface area contributed by atoms with Crippen LogP contribution < -0.4 is 5.73 Å². The van der Waals surface area contributed by atoms with Gasteiger partial charge >= 0.3 is 0 Å². The maximum Gasteiger partial charge on any atom is 0.296 e. The van der Waals surface area contributed by atoms with Crippen molar-refractivity contribution in [3.05, 3.63) is 42.5 Å². The van der Waals surface area contributed by atoms with E-state index in [-0.39, 0.29) is 22.0 Å². The van der Waals surface area contributed by atoms with Crippen LogP contribution in [0.3, 0.4) is 0 Å². The molecule has 4 N–H and O–H groups in total. The van der Waals surface area contributed by atoms with Gasteiger partial charge in [-0.25, -0.2) is 0 Å². The number of benzene rings is 2. The summed E-state index contributed by atoms with van der Waals surface area (Å²) in [5.74, 6) is 0. The molecule has 0 unspecified atom stereocenters. The van der Waals surface area contributed by atoms with Crippen molar-refractivity contribution >= 4 is 37.3 Å². The van der Waals surface area contributed by atoms with Crippen LogP contribution in [0.5, 0.6) is 0 Å². The minimum Gasteiger partial charge on any atom is -0.398 e. The van der Waals surface area contributed by atoms with Crippen LogP contribution in [0.15, 0.2) is 62.5 Å². The van der Waals surface area contributed by atoms with Crippen molar-refractivity contribution in [2.45, 2.75) is 9.79 Å². The van der Waals surface area contributed by atoms with Crippen molar-refractivity contribution < 1.29 is 25.9 Å². The predicted octanol–water partition coefficient (Wildman–Crippen LogP) is 2.18.